The first-order chi connectivity index (χ1) is 19.1. The summed E-state index contributed by atoms with van der Waals surface area (Å²) < 4.78 is 0.558. The summed E-state index contributed by atoms with van der Waals surface area (Å²) in [6.07, 6.45) is 21.5. The number of thiocarbonyl (C=S) groups is 1. The Labute approximate surface area is 252 Å². The fourth-order valence-electron chi connectivity index (χ4n) is 5.76. The van der Waals surface area contributed by atoms with Gasteiger partial charge in [-0.25, -0.2) is 0 Å². The lowest BCUT2D eigenvalue weighted by molar-refractivity contribution is 0.587. The molecule has 0 radical (unpaired) electrons. The number of anilines is 3. The molecule has 2 rings (SSSR count). The van der Waals surface area contributed by atoms with E-state index < -0.39 is 0 Å². The lowest BCUT2D eigenvalue weighted by Crippen LogP contribution is -2.22. The average Bonchev–Trinajstić information content (AvgIpc) is 2.94. The second-order valence-electron chi connectivity index (χ2n) is 11.0. The quantitative estimate of drug-likeness (QED) is 0.0885. The Hall–Kier alpha value is -1.52. The third-order valence-corrected chi connectivity index (χ3v) is 8.17. The van der Waals surface area contributed by atoms with Crippen LogP contribution in [0.3, 0.4) is 0 Å². The highest BCUT2D eigenvalue weighted by molar-refractivity contribution is 8.11. The minimum atomic E-state index is 0.558. The van der Waals surface area contributed by atoms with Crippen LogP contribution in [0.4, 0.5) is 17.1 Å². The molecule has 2 aromatic carbocycles. The van der Waals surface area contributed by atoms with Crippen LogP contribution in [-0.4, -0.2) is 10.9 Å². The summed E-state index contributed by atoms with van der Waals surface area (Å²) in [5, 5.41) is 3.55. The monoisotopic (exact) mass is 568 g/mol. The fraction of sp³-hybridized carbons (Fsp3) is 0.629. The van der Waals surface area contributed by atoms with E-state index in [1.54, 1.807) is 0 Å². The summed E-state index contributed by atoms with van der Waals surface area (Å²) in [5.74, 6) is 0. The molecule has 0 fully saturated rings. The summed E-state index contributed by atoms with van der Waals surface area (Å²) in [6, 6.07) is 13.5. The van der Waals surface area contributed by atoms with Crippen LogP contribution in [0.1, 0.15) is 134 Å². The van der Waals surface area contributed by atoms with Gasteiger partial charge in [0.15, 0.2) is 0 Å². The number of unbranched alkanes of at least 4 members (excludes halogenated alkanes) is 12. The summed E-state index contributed by atoms with van der Waals surface area (Å²) >= 11 is 10.0. The van der Waals surface area contributed by atoms with Crippen molar-refractivity contribution >= 4 is 46.2 Å². The molecule has 0 aliphatic heterocycles. The molecule has 0 unspecified atom stereocenters. The Bertz CT molecular complexity index is 941. The van der Waals surface area contributed by atoms with Gasteiger partial charge in [-0.3, -0.25) is 0 Å². The summed E-state index contributed by atoms with van der Waals surface area (Å²) in [4.78, 5) is 2.59. The third kappa shape index (κ3) is 11.9. The molecule has 0 aromatic heterocycles. The Morgan fingerprint density at radius 3 is 1.82 bits per heavy atom. The van der Waals surface area contributed by atoms with Gasteiger partial charge in [0.2, 0.25) is 0 Å². The molecule has 0 amide bonds. The zero-order chi connectivity index (χ0) is 28.3. The number of hydrogen-bond donors (Lipinski definition) is 2. The molecule has 1 N–H and O–H groups in total. The highest BCUT2D eigenvalue weighted by Crippen LogP contribution is 2.39. The molecule has 0 spiro atoms. The van der Waals surface area contributed by atoms with Crippen LogP contribution < -0.4 is 10.2 Å². The third-order valence-electron chi connectivity index (χ3n) is 7.95. The number of para-hydroxylation sites is 1. The molecule has 0 bridgehead atoms. The molecule has 0 aliphatic rings. The highest BCUT2D eigenvalue weighted by atomic mass is 32.1. The predicted octanol–water partition coefficient (Wildman–Crippen LogP) is 11.6. The Morgan fingerprint density at radius 1 is 0.718 bits per heavy atom. The van der Waals surface area contributed by atoms with Crippen LogP contribution in [0.25, 0.3) is 0 Å². The van der Waals surface area contributed by atoms with Crippen molar-refractivity contribution < 1.29 is 0 Å². The van der Waals surface area contributed by atoms with E-state index in [1.165, 1.54) is 124 Å². The number of hydrogen-bond acceptors (Lipinski definition) is 2. The van der Waals surface area contributed by atoms with E-state index >= 15 is 0 Å². The fourth-order valence-corrected chi connectivity index (χ4v) is 5.98. The first kappa shape index (κ1) is 33.7. The van der Waals surface area contributed by atoms with Gasteiger partial charge in [-0.15, -0.1) is 12.6 Å². The molecule has 0 aliphatic carbocycles. The van der Waals surface area contributed by atoms with Crippen molar-refractivity contribution in [2.45, 2.75) is 137 Å². The van der Waals surface area contributed by atoms with Crippen LogP contribution in [-0.2, 0) is 19.3 Å². The van der Waals surface area contributed by atoms with Gasteiger partial charge in [-0.2, -0.15) is 0 Å². The van der Waals surface area contributed by atoms with E-state index in [1.807, 2.05) is 0 Å². The lowest BCUT2D eigenvalue weighted by atomic mass is 9.91. The minimum Gasteiger partial charge on any atom is -0.341 e. The molecule has 0 atom stereocenters. The molecule has 2 nitrogen and oxygen atoms in total. The number of benzene rings is 2. The van der Waals surface area contributed by atoms with E-state index in [0.717, 1.165) is 25.8 Å². The number of thiol groups is 1. The van der Waals surface area contributed by atoms with Gasteiger partial charge in [0.1, 0.15) is 4.32 Å². The molecule has 0 saturated heterocycles. The van der Waals surface area contributed by atoms with E-state index in [0.29, 0.717) is 4.32 Å². The van der Waals surface area contributed by atoms with Gasteiger partial charge in [0.25, 0.3) is 0 Å². The van der Waals surface area contributed by atoms with Gasteiger partial charge < -0.3 is 10.2 Å². The van der Waals surface area contributed by atoms with Crippen LogP contribution >= 0.6 is 24.8 Å². The minimum absolute atomic E-state index is 0.558. The average molecular weight is 569 g/mol. The number of nitrogens with zero attached hydrogens (tertiary/aromatic N) is 1. The summed E-state index contributed by atoms with van der Waals surface area (Å²) in [5.41, 5.74) is 8.11. The molecule has 39 heavy (non-hydrogen) atoms. The maximum Gasteiger partial charge on any atom is 0.135 e. The largest absolute Gasteiger partial charge is 0.341 e. The van der Waals surface area contributed by atoms with Gasteiger partial charge in [-0.05, 0) is 67.0 Å². The van der Waals surface area contributed by atoms with Crippen molar-refractivity contribution in [1.82, 2.24) is 0 Å². The Kier molecular flexibility index (Phi) is 17.6. The van der Waals surface area contributed by atoms with E-state index in [-0.39, 0.29) is 0 Å². The van der Waals surface area contributed by atoms with E-state index in [9.17, 15) is 0 Å². The first-order valence-corrected chi connectivity index (χ1v) is 16.9. The number of rotatable bonds is 21. The molecule has 2 aromatic rings. The van der Waals surface area contributed by atoms with Gasteiger partial charge in [-0.1, -0.05) is 135 Å². The van der Waals surface area contributed by atoms with Crippen LogP contribution in [0.5, 0.6) is 0 Å². The van der Waals surface area contributed by atoms with E-state index in [2.05, 4.69) is 86.9 Å². The van der Waals surface area contributed by atoms with Crippen molar-refractivity contribution in [3.63, 3.8) is 0 Å². The van der Waals surface area contributed by atoms with Crippen molar-refractivity contribution in [2.24, 2.45) is 0 Å². The Balaban J connectivity index is 2.41. The summed E-state index contributed by atoms with van der Waals surface area (Å²) in [7, 11) is 0. The van der Waals surface area contributed by atoms with Crippen molar-refractivity contribution in [3.8, 4) is 0 Å². The number of nitrogens with one attached hydrogen (secondary N) is 1. The first-order valence-electron chi connectivity index (χ1n) is 16.1. The van der Waals surface area contributed by atoms with Crippen molar-refractivity contribution in [1.29, 1.82) is 0 Å². The molecule has 218 valence electrons. The normalized spacial score (nSPS) is 11.1. The second-order valence-corrected chi connectivity index (χ2v) is 12.2. The zero-order valence-corrected chi connectivity index (χ0v) is 27.2. The topological polar surface area (TPSA) is 15.3 Å². The molecule has 0 saturated carbocycles. The molecule has 4 heteroatoms. The zero-order valence-electron chi connectivity index (χ0n) is 25.5. The highest BCUT2D eigenvalue weighted by Gasteiger charge is 2.21. The maximum absolute atomic E-state index is 5.49. The Morgan fingerprint density at radius 2 is 1.28 bits per heavy atom. The van der Waals surface area contributed by atoms with Crippen molar-refractivity contribution in [2.75, 3.05) is 16.8 Å². The predicted molar refractivity (Wildman–Crippen MR) is 184 cm³/mol. The van der Waals surface area contributed by atoms with Crippen molar-refractivity contribution in [3.05, 3.63) is 53.1 Å². The second kappa shape index (κ2) is 20.4. The van der Waals surface area contributed by atoms with Crippen LogP contribution in [0.15, 0.2) is 36.4 Å². The molecule has 0 heterocycles. The van der Waals surface area contributed by atoms with Gasteiger partial charge in [0.05, 0.1) is 0 Å². The SMILES string of the molecule is CCCCCCCCCc1c(N(CCCCCCCCC)c2ccccc2)cc(CC)c(CC)c1NC(=S)S. The van der Waals surface area contributed by atoms with Gasteiger partial charge in [0, 0.05) is 23.6 Å². The summed E-state index contributed by atoms with van der Waals surface area (Å²) in [6.45, 7) is 10.2. The maximum atomic E-state index is 5.49. The van der Waals surface area contributed by atoms with Crippen LogP contribution in [0, 0.1) is 0 Å². The number of aryl methyl sites for hydroxylation is 1. The molecular formula is C35H56N2S2. The standard InChI is InChI=1S/C35H56N2S2/c1-5-9-11-13-15-17-22-26-32-33(28-29(7-3)31(8-4)34(32)36-35(38)39)37(30-24-20-19-21-25-30)27-23-18-16-14-12-10-6-2/h19-21,24-25,28H,5-18,22-23,26-27H2,1-4H3,(H2,36,38,39). The molecular weight excluding hydrogens is 513 g/mol. The smallest absolute Gasteiger partial charge is 0.135 e. The van der Waals surface area contributed by atoms with E-state index in [4.69, 9.17) is 12.2 Å². The lowest BCUT2D eigenvalue weighted by Gasteiger charge is -2.31. The van der Waals surface area contributed by atoms with Gasteiger partial charge >= 0.3 is 0 Å². The van der Waals surface area contributed by atoms with Crippen LogP contribution in [0.2, 0.25) is 0 Å².